The SMILES string of the molecule is CC[C@@]1(O)C(=O)OCc2c1cc1n(c2=O)C/C(=C2/C=CCC[C@@H]2N)C1=NC(C)C(C)C. The van der Waals surface area contributed by atoms with E-state index in [1.54, 1.807) is 17.6 Å². The number of aromatic nitrogens is 1. The molecule has 7 nitrogen and oxygen atoms in total. The molecular formula is C24H31N3O4. The summed E-state index contributed by atoms with van der Waals surface area (Å²) in [4.78, 5) is 30.8. The van der Waals surface area contributed by atoms with Gasteiger partial charge in [-0.25, -0.2) is 4.79 Å². The molecule has 3 atom stereocenters. The van der Waals surface area contributed by atoms with Crippen molar-refractivity contribution in [1.82, 2.24) is 4.57 Å². The molecule has 0 saturated heterocycles. The third-order valence-electron chi connectivity index (χ3n) is 6.87. The molecule has 0 spiro atoms. The van der Waals surface area contributed by atoms with E-state index in [1.165, 1.54) is 0 Å². The summed E-state index contributed by atoms with van der Waals surface area (Å²) in [6.07, 6.45) is 6.05. The Morgan fingerprint density at radius 3 is 2.74 bits per heavy atom. The highest BCUT2D eigenvalue weighted by molar-refractivity contribution is 6.14. The van der Waals surface area contributed by atoms with Crippen molar-refractivity contribution in [3.63, 3.8) is 0 Å². The number of nitrogens with two attached hydrogens (primary N) is 1. The number of fused-ring (bicyclic) bond motifs is 2. The van der Waals surface area contributed by atoms with E-state index in [9.17, 15) is 14.7 Å². The molecule has 0 aromatic carbocycles. The Bertz CT molecular complexity index is 1080. The van der Waals surface area contributed by atoms with E-state index in [0.717, 1.165) is 29.7 Å². The zero-order chi connectivity index (χ0) is 22.5. The number of carbonyl (C=O) groups excluding carboxylic acids is 1. The van der Waals surface area contributed by atoms with Crippen LogP contribution in [0.3, 0.4) is 0 Å². The van der Waals surface area contributed by atoms with Crippen molar-refractivity contribution in [2.45, 2.75) is 77.8 Å². The largest absolute Gasteiger partial charge is 0.458 e. The van der Waals surface area contributed by atoms with Gasteiger partial charge >= 0.3 is 5.97 Å². The minimum Gasteiger partial charge on any atom is -0.458 e. The first-order valence-corrected chi connectivity index (χ1v) is 11.1. The van der Waals surface area contributed by atoms with Crippen molar-refractivity contribution in [3.05, 3.63) is 56.5 Å². The van der Waals surface area contributed by atoms with Crippen LogP contribution in [0.15, 0.2) is 39.2 Å². The fourth-order valence-corrected chi connectivity index (χ4v) is 4.45. The lowest BCUT2D eigenvalue weighted by molar-refractivity contribution is -0.172. The maximum Gasteiger partial charge on any atom is 0.343 e. The van der Waals surface area contributed by atoms with Crippen LogP contribution in [0.1, 0.15) is 63.8 Å². The Morgan fingerprint density at radius 2 is 2.10 bits per heavy atom. The number of carbonyl (C=O) groups is 1. The van der Waals surface area contributed by atoms with Crippen LogP contribution in [0.25, 0.3) is 0 Å². The van der Waals surface area contributed by atoms with E-state index in [4.69, 9.17) is 15.5 Å². The smallest absolute Gasteiger partial charge is 0.343 e. The van der Waals surface area contributed by atoms with E-state index in [1.807, 2.05) is 6.08 Å². The van der Waals surface area contributed by atoms with E-state index < -0.39 is 11.6 Å². The molecule has 0 amide bonds. The number of aliphatic imine (C=N–C) groups is 1. The number of hydrogen-bond acceptors (Lipinski definition) is 6. The topological polar surface area (TPSA) is 107 Å². The van der Waals surface area contributed by atoms with E-state index in [-0.39, 0.29) is 30.7 Å². The average molecular weight is 426 g/mol. The van der Waals surface area contributed by atoms with Crippen molar-refractivity contribution < 1.29 is 14.6 Å². The molecule has 1 aliphatic carbocycles. The number of aliphatic hydroxyl groups is 1. The third-order valence-corrected chi connectivity index (χ3v) is 6.87. The predicted octanol–water partition coefficient (Wildman–Crippen LogP) is 2.32. The molecule has 1 aromatic rings. The van der Waals surface area contributed by atoms with Crippen molar-refractivity contribution in [1.29, 1.82) is 0 Å². The molecule has 166 valence electrons. The Morgan fingerprint density at radius 1 is 1.35 bits per heavy atom. The highest BCUT2D eigenvalue weighted by Gasteiger charge is 2.45. The third kappa shape index (κ3) is 3.40. The first-order chi connectivity index (χ1) is 14.7. The Kier molecular flexibility index (Phi) is 5.52. The number of pyridine rings is 1. The van der Waals surface area contributed by atoms with Gasteiger partial charge in [-0.05, 0) is 43.7 Å². The molecule has 3 N–H and O–H groups in total. The minimum absolute atomic E-state index is 0.0297. The summed E-state index contributed by atoms with van der Waals surface area (Å²) in [5.41, 5.74) is 8.34. The second-order valence-corrected chi connectivity index (χ2v) is 9.09. The first kappa shape index (κ1) is 21.7. The van der Waals surface area contributed by atoms with Gasteiger partial charge in [0.2, 0.25) is 0 Å². The molecular weight excluding hydrogens is 394 g/mol. The summed E-state index contributed by atoms with van der Waals surface area (Å²) in [5.74, 6) is -0.398. The highest BCUT2D eigenvalue weighted by Crippen LogP contribution is 2.36. The second-order valence-electron chi connectivity index (χ2n) is 9.09. The van der Waals surface area contributed by atoms with Crippen LogP contribution in [-0.2, 0) is 28.3 Å². The lowest BCUT2D eigenvalue weighted by atomic mass is 9.85. The highest BCUT2D eigenvalue weighted by atomic mass is 16.6. The molecule has 3 aliphatic rings. The summed E-state index contributed by atoms with van der Waals surface area (Å²) >= 11 is 0. The molecule has 3 heterocycles. The normalized spacial score (nSPS) is 29.8. The summed E-state index contributed by atoms with van der Waals surface area (Å²) in [7, 11) is 0. The maximum atomic E-state index is 13.4. The fourth-order valence-electron chi connectivity index (χ4n) is 4.45. The predicted molar refractivity (Wildman–Crippen MR) is 119 cm³/mol. The van der Waals surface area contributed by atoms with Crippen LogP contribution in [0.5, 0.6) is 0 Å². The standard InChI is InChI=1S/C24H31N3O4/c1-5-24(30)18-10-20-21(26-14(4)13(2)3)16(15-8-6-7-9-19(15)25)11-27(20)22(28)17(18)12-31-23(24)29/h6,8,10,13-14,19,30H,5,7,9,11-12,25H2,1-4H3/b16-15+,26-21?/t14?,19-,24-/m0/s1. The number of nitrogens with zero attached hydrogens (tertiary/aromatic N) is 2. The van der Waals surface area contributed by atoms with Crippen molar-refractivity contribution in [2.75, 3.05) is 0 Å². The van der Waals surface area contributed by atoms with Crippen molar-refractivity contribution in [3.8, 4) is 0 Å². The first-order valence-electron chi connectivity index (χ1n) is 11.1. The lowest BCUT2D eigenvalue weighted by Crippen LogP contribution is -2.44. The number of esters is 1. The van der Waals surface area contributed by atoms with E-state index in [0.29, 0.717) is 29.3 Å². The number of allylic oxidation sites excluding steroid dienone is 2. The van der Waals surface area contributed by atoms with E-state index >= 15 is 0 Å². The van der Waals surface area contributed by atoms with Crippen LogP contribution in [0, 0.1) is 5.92 Å². The number of rotatable bonds is 3. The molecule has 1 unspecified atom stereocenters. The van der Waals surface area contributed by atoms with Gasteiger partial charge in [-0.15, -0.1) is 0 Å². The summed E-state index contributed by atoms with van der Waals surface area (Å²) < 4.78 is 6.84. The van der Waals surface area contributed by atoms with Crippen LogP contribution in [0.2, 0.25) is 0 Å². The van der Waals surface area contributed by atoms with Crippen molar-refractivity contribution in [2.24, 2.45) is 16.6 Å². The average Bonchev–Trinajstić information content (AvgIpc) is 3.10. The van der Waals surface area contributed by atoms with Crippen LogP contribution in [-0.4, -0.2) is 33.4 Å². The molecule has 0 radical (unpaired) electrons. The molecule has 31 heavy (non-hydrogen) atoms. The quantitative estimate of drug-likeness (QED) is 0.723. The zero-order valence-electron chi connectivity index (χ0n) is 18.6. The van der Waals surface area contributed by atoms with Gasteiger partial charge in [0.1, 0.15) is 6.61 Å². The fraction of sp³-hybridized carbons (Fsp3) is 0.542. The van der Waals surface area contributed by atoms with Gasteiger partial charge in [0, 0.05) is 17.2 Å². The molecule has 0 bridgehead atoms. The minimum atomic E-state index is -1.83. The molecule has 0 saturated carbocycles. The molecule has 1 aromatic heterocycles. The Hall–Kier alpha value is -2.51. The Balaban J connectivity index is 1.99. The zero-order valence-corrected chi connectivity index (χ0v) is 18.6. The van der Waals surface area contributed by atoms with Crippen LogP contribution in [0.4, 0.5) is 0 Å². The summed E-state index contributed by atoms with van der Waals surface area (Å²) in [6.45, 7) is 8.21. The molecule has 2 aliphatic heterocycles. The lowest BCUT2D eigenvalue weighted by Gasteiger charge is -2.31. The van der Waals surface area contributed by atoms with Crippen LogP contribution < -0.4 is 11.3 Å². The molecule has 7 heteroatoms. The number of cyclic esters (lactones) is 1. The number of ether oxygens (including phenoxy) is 1. The van der Waals surface area contributed by atoms with Gasteiger partial charge in [-0.3, -0.25) is 9.79 Å². The van der Waals surface area contributed by atoms with Crippen LogP contribution >= 0.6 is 0 Å². The Labute approximate surface area is 182 Å². The number of hydrogen-bond donors (Lipinski definition) is 2. The van der Waals surface area contributed by atoms with Gasteiger partial charge in [-0.2, -0.15) is 0 Å². The summed E-state index contributed by atoms with van der Waals surface area (Å²) in [5, 5.41) is 11.1. The monoisotopic (exact) mass is 425 g/mol. The van der Waals surface area contributed by atoms with Gasteiger partial charge < -0.3 is 20.1 Å². The summed E-state index contributed by atoms with van der Waals surface area (Å²) in [6, 6.07) is 1.68. The second kappa shape index (κ2) is 7.88. The van der Waals surface area contributed by atoms with Gasteiger partial charge in [0.15, 0.2) is 5.60 Å². The molecule has 0 fully saturated rings. The maximum absolute atomic E-state index is 13.4. The van der Waals surface area contributed by atoms with Gasteiger partial charge in [0.25, 0.3) is 5.56 Å². The van der Waals surface area contributed by atoms with Gasteiger partial charge in [0.05, 0.1) is 29.6 Å². The molecule has 4 rings (SSSR count). The van der Waals surface area contributed by atoms with Crippen molar-refractivity contribution >= 4 is 11.7 Å². The van der Waals surface area contributed by atoms with Gasteiger partial charge in [-0.1, -0.05) is 32.9 Å². The van der Waals surface area contributed by atoms with E-state index in [2.05, 4.69) is 26.8 Å².